The highest BCUT2D eigenvalue weighted by atomic mass is 16.5. The molecule has 0 saturated heterocycles. The van der Waals surface area contributed by atoms with Gasteiger partial charge in [-0.2, -0.15) is 0 Å². The van der Waals surface area contributed by atoms with Crippen LogP contribution >= 0.6 is 0 Å². The summed E-state index contributed by atoms with van der Waals surface area (Å²) in [7, 11) is 0. The highest BCUT2D eigenvalue weighted by molar-refractivity contribution is 5.67. The van der Waals surface area contributed by atoms with E-state index in [1.807, 2.05) is 6.92 Å². The van der Waals surface area contributed by atoms with Crippen LogP contribution in [0.15, 0.2) is 66.8 Å². The second-order valence-corrected chi connectivity index (χ2v) is 7.35. The third kappa shape index (κ3) is 2.97. The van der Waals surface area contributed by atoms with Gasteiger partial charge in [-0.25, -0.2) is 0 Å². The molecule has 1 aliphatic carbocycles. The van der Waals surface area contributed by atoms with Gasteiger partial charge < -0.3 is 10.1 Å². The van der Waals surface area contributed by atoms with E-state index in [1.165, 1.54) is 16.7 Å². The van der Waals surface area contributed by atoms with Crippen molar-refractivity contribution < 1.29 is 4.74 Å². The largest absolute Gasteiger partial charge is 0.487 e. The van der Waals surface area contributed by atoms with E-state index in [4.69, 9.17) is 4.74 Å². The van der Waals surface area contributed by atoms with E-state index < -0.39 is 0 Å². The molecule has 2 nitrogen and oxygen atoms in total. The maximum atomic E-state index is 6.03. The van der Waals surface area contributed by atoms with E-state index in [2.05, 4.69) is 73.4 Å². The number of nitrogens with one attached hydrogen (secondary N) is 1. The molecule has 2 aliphatic rings. The Morgan fingerprint density at radius 1 is 1.20 bits per heavy atom. The molecule has 2 aromatic rings. The van der Waals surface area contributed by atoms with Crippen LogP contribution in [0.2, 0.25) is 0 Å². The number of benzene rings is 2. The van der Waals surface area contributed by atoms with Crippen molar-refractivity contribution in [2.75, 3.05) is 11.9 Å². The van der Waals surface area contributed by atoms with E-state index in [9.17, 15) is 0 Å². The van der Waals surface area contributed by atoms with Crippen molar-refractivity contribution >= 4 is 5.69 Å². The third-order valence-electron chi connectivity index (χ3n) is 5.27. The molecule has 4 rings (SSSR count). The van der Waals surface area contributed by atoms with Crippen molar-refractivity contribution in [1.29, 1.82) is 0 Å². The summed E-state index contributed by atoms with van der Waals surface area (Å²) >= 11 is 0. The summed E-state index contributed by atoms with van der Waals surface area (Å²) in [6.45, 7) is 8.63. The lowest BCUT2D eigenvalue weighted by atomic mass is 9.77. The summed E-state index contributed by atoms with van der Waals surface area (Å²) in [5, 5.41) is 3.80. The zero-order valence-corrected chi connectivity index (χ0v) is 15.0. The number of fused-ring (bicyclic) bond motifs is 3. The van der Waals surface area contributed by atoms with E-state index >= 15 is 0 Å². The predicted octanol–water partition coefficient (Wildman–Crippen LogP) is 5.78. The zero-order chi connectivity index (χ0) is 17.4. The fraction of sp³-hybridized carbons (Fsp3) is 0.304. The van der Waals surface area contributed by atoms with Crippen molar-refractivity contribution in [1.82, 2.24) is 0 Å². The molecular formula is C23H25NO. The lowest BCUT2D eigenvalue weighted by Gasteiger charge is -2.38. The molecule has 0 aromatic heterocycles. The minimum absolute atomic E-state index is 0.308. The fourth-order valence-corrected chi connectivity index (χ4v) is 4.02. The van der Waals surface area contributed by atoms with Crippen molar-refractivity contribution in [3.8, 4) is 5.75 Å². The topological polar surface area (TPSA) is 21.3 Å². The van der Waals surface area contributed by atoms with Crippen LogP contribution in [0.3, 0.4) is 0 Å². The molecule has 2 heteroatoms. The Balaban J connectivity index is 1.73. The number of anilines is 1. The Morgan fingerprint density at radius 3 is 2.76 bits per heavy atom. The van der Waals surface area contributed by atoms with Gasteiger partial charge in [0.05, 0.1) is 11.7 Å². The smallest absolute Gasteiger partial charge is 0.143 e. The molecule has 0 amide bonds. The molecule has 1 aliphatic heterocycles. The normalized spacial score (nSPS) is 23.5. The summed E-state index contributed by atoms with van der Waals surface area (Å²) in [4.78, 5) is 0. The van der Waals surface area contributed by atoms with E-state index in [0.29, 0.717) is 24.5 Å². The van der Waals surface area contributed by atoms with Gasteiger partial charge in [-0.15, -0.1) is 0 Å². The number of aryl methyl sites for hydroxylation is 1. The van der Waals surface area contributed by atoms with Crippen molar-refractivity contribution in [2.24, 2.45) is 5.92 Å². The van der Waals surface area contributed by atoms with E-state index in [1.54, 1.807) is 0 Å². The van der Waals surface area contributed by atoms with Crippen LogP contribution < -0.4 is 10.1 Å². The lowest BCUT2D eigenvalue weighted by molar-refractivity contribution is 0.348. The lowest BCUT2D eigenvalue weighted by Crippen LogP contribution is -2.29. The molecule has 1 heterocycles. The SMILES string of the molecule is C=C(C)COc1cccc2c1NC(c1ccc(C)cc1)C1CC=CC21. The number of rotatable bonds is 4. The Hall–Kier alpha value is -2.48. The Bertz CT molecular complexity index is 818. The van der Waals surface area contributed by atoms with Crippen LogP contribution in [0.4, 0.5) is 5.69 Å². The maximum absolute atomic E-state index is 6.03. The summed E-state index contributed by atoms with van der Waals surface area (Å²) < 4.78 is 6.03. The van der Waals surface area contributed by atoms with Gasteiger partial charge in [-0.3, -0.25) is 0 Å². The van der Waals surface area contributed by atoms with Crippen LogP contribution in [-0.2, 0) is 0 Å². The fourth-order valence-electron chi connectivity index (χ4n) is 4.02. The highest BCUT2D eigenvalue weighted by Crippen LogP contribution is 2.52. The molecule has 0 spiro atoms. The first kappa shape index (κ1) is 16.0. The summed E-state index contributed by atoms with van der Waals surface area (Å²) in [6.07, 6.45) is 5.81. The first-order chi connectivity index (χ1) is 12.1. The molecule has 2 aromatic carbocycles. The van der Waals surface area contributed by atoms with Crippen LogP contribution in [0.1, 0.15) is 42.0 Å². The van der Waals surface area contributed by atoms with E-state index in [0.717, 1.165) is 23.4 Å². The summed E-state index contributed by atoms with van der Waals surface area (Å²) in [5.41, 5.74) is 6.17. The summed E-state index contributed by atoms with van der Waals surface area (Å²) in [6, 6.07) is 15.6. The van der Waals surface area contributed by atoms with Gasteiger partial charge in [0.1, 0.15) is 12.4 Å². The Morgan fingerprint density at radius 2 is 2.00 bits per heavy atom. The summed E-state index contributed by atoms with van der Waals surface area (Å²) in [5.74, 6) is 1.94. The quantitative estimate of drug-likeness (QED) is 0.717. The van der Waals surface area contributed by atoms with Crippen LogP contribution in [0.25, 0.3) is 0 Å². The van der Waals surface area contributed by atoms with E-state index in [-0.39, 0.29) is 0 Å². The second kappa shape index (κ2) is 6.44. The standard InChI is InChI=1S/C23H25NO/c1-15(2)14-25-21-9-5-8-20-18-6-4-7-19(18)22(24-23(20)21)17-12-10-16(3)11-13-17/h4-6,8-13,18-19,22,24H,1,7,14H2,2-3H3. The van der Waals surface area contributed by atoms with Gasteiger partial charge in [0.15, 0.2) is 0 Å². The van der Waals surface area contributed by atoms with Gasteiger partial charge in [0, 0.05) is 5.92 Å². The first-order valence-corrected chi connectivity index (χ1v) is 9.03. The molecule has 25 heavy (non-hydrogen) atoms. The second-order valence-electron chi connectivity index (χ2n) is 7.35. The first-order valence-electron chi connectivity index (χ1n) is 9.03. The monoisotopic (exact) mass is 331 g/mol. The minimum Gasteiger partial charge on any atom is -0.487 e. The van der Waals surface area contributed by atoms with Gasteiger partial charge in [-0.1, -0.05) is 60.7 Å². The predicted molar refractivity (Wildman–Crippen MR) is 104 cm³/mol. The maximum Gasteiger partial charge on any atom is 0.143 e. The van der Waals surface area contributed by atoms with Crippen molar-refractivity contribution in [2.45, 2.75) is 32.2 Å². The minimum atomic E-state index is 0.308. The average molecular weight is 331 g/mol. The Labute approximate surface area is 150 Å². The van der Waals surface area contributed by atoms with Gasteiger partial charge in [-0.05, 0) is 49.0 Å². The van der Waals surface area contributed by atoms with Crippen LogP contribution in [-0.4, -0.2) is 6.61 Å². The zero-order valence-electron chi connectivity index (χ0n) is 15.0. The number of para-hydroxylation sites is 1. The highest BCUT2D eigenvalue weighted by Gasteiger charge is 2.38. The number of hydrogen-bond donors (Lipinski definition) is 1. The van der Waals surface area contributed by atoms with Crippen LogP contribution in [0, 0.1) is 12.8 Å². The molecule has 0 bridgehead atoms. The third-order valence-corrected chi connectivity index (χ3v) is 5.27. The number of hydrogen-bond acceptors (Lipinski definition) is 2. The molecule has 0 radical (unpaired) electrons. The molecule has 3 atom stereocenters. The molecule has 128 valence electrons. The molecular weight excluding hydrogens is 306 g/mol. The Kier molecular flexibility index (Phi) is 4.12. The van der Waals surface area contributed by atoms with Gasteiger partial charge >= 0.3 is 0 Å². The molecule has 3 unspecified atom stereocenters. The molecule has 1 N–H and O–H groups in total. The molecule has 0 saturated carbocycles. The van der Waals surface area contributed by atoms with Gasteiger partial charge in [0.25, 0.3) is 0 Å². The van der Waals surface area contributed by atoms with Crippen molar-refractivity contribution in [3.05, 3.63) is 83.5 Å². The average Bonchev–Trinajstić information content (AvgIpc) is 3.10. The number of allylic oxidation sites excluding steroid dienone is 2. The van der Waals surface area contributed by atoms with Gasteiger partial charge in [0.2, 0.25) is 0 Å². The number of ether oxygens (including phenoxy) is 1. The molecule has 0 fully saturated rings. The van der Waals surface area contributed by atoms with Crippen LogP contribution in [0.5, 0.6) is 5.75 Å². The van der Waals surface area contributed by atoms with Crippen molar-refractivity contribution in [3.63, 3.8) is 0 Å².